The predicted molar refractivity (Wildman–Crippen MR) is 98.0 cm³/mol. The normalized spacial score (nSPS) is 15.1. The number of benzene rings is 1. The number of carbonyl (C=O) groups is 2. The quantitative estimate of drug-likeness (QED) is 0.848. The second kappa shape index (κ2) is 7.59. The maximum atomic E-state index is 12.8. The minimum absolute atomic E-state index is 0.133. The van der Waals surface area contributed by atoms with Crippen LogP contribution in [0.2, 0.25) is 0 Å². The highest BCUT2D eigenvalue weighted by Crippen LogP contribution is 2.23. The van der Waals surface area contributed by atoms with Gasteiger partial charge in [-0.1, -0.05) is 17.7 Å². The van der Waals surface area contributed by atoms with Gasteiger partial charge in [-0.25, -0.2) is 4.68 Å². The van der Waals surface area contributed by atoms with Crippen molar-refractivity contribution in [2.24, 2.45) is 5.92 Å². The number of carbonyl (C=O) groups excluding carboxylic acids is 2. The summed E-state index contributed by atoms with van der Waals surface area (Å²) in [5.74, 6) is -0.132. The lowest BCUT2D eigenvalue weighted by molar-refractivity contribution is -0.149. The maximum absolute atomic E-state index is 12.8. The zero-order valence-electron chi connectivity index (χ0n) is 15.1. The highest BCUT2D eigenvalue weighted by atomic mass is 16.5. The van der Waals surface area contributed by atoms with Gasteiger partial charge in [-0.05, 0) is 38.8 Å². The number of hydrogen-bond acceptors (Lipinski definition) is 5. The number of ether oxygens (including phenoxy) is 1. The van der Waals surface area contributed by atoms with Gasteiger partial charge in [0.05, 0.1) is 24.4 Å². The van der Waals surface area contributed by atoms with Crippen LogP contribution >= 0.6 is 0 Å². The molecule has 1 aromatic carbocycles. The smallest absolute Gasteiger partial charge is 0.309 e. The number of amides is 1. The van der Waals surface area contributed by atoms with Crippen molar-refractivity contribution in [2.45, 2.75) is 26.7 Å². The Morgan fingerprint density at radius 3 is 2.50 bits per heavy atom. The molecule has 0 atom stereocenters. The number of hydrogen-bond donors (Lipinski definition) is 1. The van der Waals surface area contributed by atoms with E-state index in [0.717, 1.165) is 11.3 Å². The van der Waals surface area contributed by atoms with Crippen LogP contribution in [0.5, 0.6) is 0 Å². The summed E-state index contributed by atoms with van der Waals surface area (Å²) in [6, 6.07) is 7.77. The number of rotatable bonds is 4. The summed E-state index contributed by atoms with van der Waals surface area (Å²) >= 11 is 0. The second-order valence-corrected chi connectivity index (χ2v) is 6.51. The Balaban J connectivity index is 1.70. The minimum Gasteiger partial charge on any atom is -0.466 e. The molecule has 0 saturated carbocycles. The van der Waals surface area contributed by atoms with Crippen LogP contribution in [-0.2, 0) is 9.53 Å². The average Bonchev–Trinajstić information content (AvgIpc) is 3.03. The van der Waals surface area contributed by atoms with Crippen LogP contribution in [0.4, 0.5) is 5.82 Å². The number of aryl methyl sites for hydroxylation is 1. The van der Waals surface area contributed by atoms with Gasteiger partial charge in [-0.15, -0.1) is 0 Å². The predicted octanol–water partition coefficient (Wildman–Crippen LogP) is 2.18. The highest BCUT2D eigenvalue weighted by molar-refractivity contribution is 5.98. The third-order valence-corrected chi connectivity index (χ3v) is 4.72. The number of aromatic nitrogens is 2. The largest absolute Gasteiger partial charge is 0.466 e. The lowest BCUT2D eigenvalue weighted by Gasteiger charge is -2.30. The van der Waals surface area contributed by atoms with Gasteiger partial charge >= 0.3 is 5.97 Å². The van der Waals surface area contributed by atoms with Crippen molar-refractivity contribution in [1.29, 1.82) is 0 Å². The van der Waals surface area contributed by atoms with Crippen LogP contribution < -0.4 is 5.73 Å². The van der Waals surface area contributed by atoms with Gasteiger partial charge in [0.2, 0.25) is 0 Å². The Labute approximate surface area is 152 Å². The van der Waals surface area contributed by atoms with Gasteiger partial charge in [-0.2, -0.15) is 5.10 Å². The molecule has 0 aliphatic carbocycles. The molecule has 138 valence electrons. The molecule has 1 saturated heterocycles. The summed E-state index contributed by atoms with van der Waals surface area (Å²) < 4.78 is 6.63. The zero-order chi connectivity index (χ0) is 18.7. The second-order valence-electron chi connectivity index (χ2n) is 6.51. The van der Waals surface area contributed by atoms with Crippen molar-refractivity contribution < 1.29 is 14.3 Å². The molecule has 2 heterocycles. The van der Waals surface area contributed by atoms with E-state index in [0.29, 0.717) is 43.9 Å². The Morgan fingerprint density at radius 2 is 1.88 bits per heavy atom. The Hall–Kier alpha value is -2.83. The fourth-order valence-corrected chi connectivity index (χ4v) is 3.16. The molecular formula is C19H24N4O3. The maximum Gasteiger partial charge on any atom is 0.309 e. The summed E-state index contributed by atoms with van der Waals surface area (Å²) in [6.07, 6.45) is 2.72. The van der Waals surface area contributed by atoms with Crippen LogP contribution in [0.15, 0.2) is 30.5 Å². The van der Waals surface area contributed by atoms with Crippen LogP contribution in [0.25, 0.3) is 5.69 Å². The fraction of sp³-hybridized carbons (Fsp3) is 0.421. The molecule has 1 amide bonds. The zero-order valence-corrected chi connectivity index (χ0v) is 15.1. The Morgan fingerprint density at radius 1 is 1.23 bits per heavy atom. The molecule has 0 bridgehead atoms. The van der Waals surface area contributed by atoms with E-state index in [1.54, 1.807) is 16.5 Å². The van der Waals surface area contributed by atoms with Gasteiger partial charge in [-0.3, -0.25) is 9.59 Å². The van der Waals surface area contributed by atoms with Gasteiger partial charge in [0.1, 0.15) is 11.4 Å². The first-order valence-corrected chi connectivity index (χ1v) is 8.87. The van der Waals surface area contributed by atoms with Crippen molar-refractivity contribution in [3.8, 4) is 5.69 Å². The topological polar surface area (TPSA) is 90.5 Å². The van der Waals surface area contributed by atoms with E-state index in [1.807, 2.05) is 31.2 Å². The van der Waals surface area contributed by atoms with E-state index in [1.165, 1.54) is 6.20 Å². The number of nitrogens with two attached hydrogens (primary N) is 1. The number of esters is 1. The van der Waals surface area contributed by atoms with Crippen molar-refractivity contribution in [3.63, 3.8) is 0 Å². The lowest BCUT2D eigenvalue weighted by Crippen LogP contribution is -2.40. The third kappa shape index (κ3) is 3.56. The minimum atomic E-state index is -0.175. The SMILES string of the molecule is CCOC(=O)C1CCN(C(=O)c2cnn(-c3ccc(C)cc3)c2N)CC1. The molecule has 2 aromatic rings. The molecule has 7 nitrogen and oxygen atoms in total. The van der Waals surface area contributed by atoms with Gasteiger partial charge in [0.25, 0.3) is 5.91 Å². The van der Waals surface area contributed by atoms with Gasteiger partial charge in [0.15, 0.2) is 0 Å². The first-order valence-electron chi connectivity index (χ1n) is 8.87. The molecule has 7 heteroatoms. The molecule has 0 radical (unpaired) electrons. The lowest BCUT2D eigenvalue weighted by atomic mass is 9.96. The number of nitrogens with zero attached hydrogens (tertiary/aromatic N) is 3. The van der Waals surface area contributed by atoms with E-state index in [9.17, 15) is 9.59 Å². The number of anilines is 1. The molecular weight excluding hydrogens is 332 g/mol. The third-order valence-electron chi connectivity index (χ3n) is 4.72. The Kier molecular flexibility index (Phi) is 5.25. The summed E-state index contributed by atoms with van der Waals surface area (Å²) in [5, 5.41) is 4.27. The van der Waals surface area contributed by atoms with Crippen LogP contribution in [0, 0.1) is 12.8 Å². The van der Waals surface area contributed by atoms with E-state index in [-0.39, 0.29) is 17.8 Å². The number of piperidine rings is 1. The average molecular weight is 356 g/mol. The van der Waals surface area contributed by atoms with Crippen molar-refractivity contribution in [3.05, 3.63) is 41.6 Å². The standard InChI is InChI=1S/C19H24N4O3/c1-3-26-19(25)14-8-10-22(11-9-14)18(24)16-12-21-23(17(16)20)15-6-4-13(2)5-7-15/h4-7,12,14H,3,8-11,20H2,1-2H3. The molecule has 2 N–H and O–H groups in total. The number of likely N-dealkylation sites (tertiary alicyclic amines) is 1. The van der Waals surface area contributed by atoms with Gasteiger partial charge < -0.3 is 15.4 Å². The summed E-state index contributed by atoms with van der Waals surface area (Å²) in [6.45, 7) is 5.21. The number of nitrogen functional groups attached to an aromatic ring is 1. The van der Waals surface area contributed by atoms with E-state index < -0.39 is 0 Å². The van der Waals surface area contributed by atoms with Crippen LogP contribution in [-0.4, -0.2) is 46.3 Å². The summed E-state index contributed by atoms with van der Waals surface area (Å²) in [4.78, 5) is 26.3. The first-order chi connectivity index (χ1) is 12.5. The molecule has 3 rings (SSSR count). The van der Waals surface area contributed by atoms with Crippen molar-refractivity contribution in [1.82, 2.24) is 14.7 Å². The molecule has 1 aliphatic rings. The first kappa shape index (κ1) is 18.0. The fourth-order valence-electron chi connectivity index (χ4n) is 3.16. The highest BCUT2D eigenvalue weighted by Gasteiger charge is 2.30. The Bertz CT molecular complexity index is 790. The monoisotopic (exact) mass is 356 g/mol. The van der Waals surface area contributed by atoms with E-state index >= 15 is 0 Å². The molecule has 1 aromatic heterocycles. The summed E-state index contributed by atoms with van der Waals surface area (Å²) in [5.41, 5.74) is 8.52. The van der Waals surface area contributed by atoms with Crippen molar-refractivity contribution in [2.75, 3.05) is 25.4 Å². The molecule has 1 aliphatic heterocycles. The van der Waals surface area contributed by atoms with Gasteiger partial charge in [0, 0.05) is 13.1 Å². The van der Waals surface area contributed by atoms with E-state index in [4.69, 9.17) is 10.5 Å². The van der Waals surface area contributed by atoms with Crippen LogP contribution in [0.1, 0.15) is 35.7 Å². The molecule has 0 unspecified atom stereocenters. The van der Waals surface area contributed by atoms with Crippen LogP contribution in [0.3, 0.4) is 0 Å². The van der Waals surface area contributed by atoms with E-state index in [2.05, 4.69) is 5.10 Å². The van der Waals surface area contributed by atoms with Crippen molar-refractivity contribution >= 4 is 17.7 Å². The molecule has 1 fully saturated rings. The summed E-state index contributed by atoms with van der Waals surface area (Å²) in [7, 11) is 0. The molecule has 26 heavy (non-hydrogen) atoms. The molecule has 0 spiro atoms.